The van der Waals surface area contributed by atoms with Crippen LogP contribution in [0.1, 0.15) is 27.6 Å². The number of halogens is 3. The van der Waals surface area contributed by atoms with Crippen LogP contribution in [0.4, 0.5) is 8.78 Å². The number of aryl methyl sites for hydroxylation is 2. The molecule has 0 fully saturated rings. The summed E-state index contributed by atoms with van der Waals surface area (Å²) in [5, 5.41) is 3.05. The molecule has 1 unspecified atom stereocenters. The van der Waals surface area contributed by atoms with Crippen LogP contribution in [0, 0.1) is 25.5 Å². The van der Waals surface area contributed by atoms with Crippen LogP contribution in [0.5, 0.6) is 0 Å². The number of thiophene rings is 1. The van der Waals surface area contributed by atoms with Gasteiger partial charge in [0.05, 0.1) is 10.4 Å². The van der Waals surface area contributed by atoms with E-state index in [1.807, 2.05) is 13.0 Å². The molecule has 102 valence electrons. The highest BCUT2D eigenvalue weighted by Crippen LogP contribution is 2.35. The standard InChI is InChI=1S/C14H14ClF2NS/c1-7-4-9(11(17)6-10(7)16)13(18-3)12-5-8(2)14(15)19-12/h4-6,13,18H,1-3H3. The quantitative estimate of drug-likeness (QED) is 0.873. The van der Waals surface area contributed by atoms with Gasteiger partial charge in [-0.25, -0.2) is 8.78 Å². The van der Waals surface area contributed by atoms with Gasteiger partial charge in [-0.15, -0.1) is 11.3 Å². The van der Waals surface area contributed by atoms with Crippen LogP contribution in [-0.2, 0) is 0 Å². The van der Waals surface area contributed by atoms with Crippen molar-refractivity contribution in [2.45, 2.75) is 19.9 Å². The van der Waals surface area contributed by atoms with E-state index < -0.39 is 11.6 Å². The van der Waals surface area contributed by atoms with Crippen LogP contribution in [0.25, 0.3) is 0 Å². The summed E-state index contributed by atoms with van der Waals surface area (Å²) in [4.78, 5) is 0.912. The number of nitrogens with one attached hydrogen (secondary N) is 1. The summed E-state index contributed by atoms with van der Waals surface area (Å²) in [6.45, 7) is 3.53. The zero-order valence-electron chi connectivity index (χ0n) is 10.9. The minimum absolute atomic E-state index is 0.324. The zero-order chi connectivity index (χ0) is 14.2. The molecular formula is C14H14ClF2NS. The zero-order valence-corrected chi connectivity index (χ0v) is 12.4. The van der Waals surface area contributed by atoms with Gasteiger partial charge in [0.1, 0.15) is 11.6 Å². The Morgan fingerprint density at radius 2 is 1.79 bits per heavy atom. The molecule has 0 aliphatic carbocycles. The fourth-order valence-corrected chi connectivity index (χ4v) is 3.32. The van der Waals surface area contributed by atoms with E-state index in [-0.39, 0.29) is 6.04 Å². The third kappa shape index (κ3) is 2.81. The first kappa shape index (κ1) is 14.4. The van der Waals surface area contributed by atoms with E-state index in [0.29, 0.717) is 15.5 Å². The molecule has 0 saturated carbocycles. The van der Waals surface area contributed by atoms with Crippen LogP contribution in [-0.4, -0.2) is 7.05 Å². The Hall–Kier alpha value is -0.970. The van der Waals surface area contributed by atoms with E-state index in [1.54, 1.807) is 14.0 Å². The predicted octanol–water partition coefficient (Wildman–Crippen LogP) is 4.61. The van der Waals surface area contributed by atoms with Crippen molar-refractivity contribution >= 4 is 22.9 Å². The van der Waals surface area contributed by atoms with E-state index in [2.05, 4.69) is 5.32 Å². The summed E-state index contributed by atoms with van der Waals surface area (Å²) >= 11 is 7.45. The van der Waals surface area contributed by atoms with Gasteiger partial charge in [-0.1, -0.05) is 11.6 Å². The Labute approximate surface area is 120 Å². The number of hydrogen-bond donors (Lipinski definition) is 1. The number of benzene rings is 1. The lowest BCUT2D eigenvalue weighted by Gasteiger charge is -2.16. The normalized spacial score (nSPS) is 12.7. The molecule has 0 aliphatic rings. The molecule has 1 N–H and O–H groups in total. The first-order valence-corrected chi connectivity index (χ1v) is 7.02. The minimum atomic E-state index is -0.551. The molecule has 0 saturated heterocycles. The summed E-state index contributed by atoms with van der Waals surface area (Å²) in [6, 6.07) is 4.06. The molecule has 5 heteroatoms. The fraction of sp³-hybridized carbons (Fsp3) is 0.286. The van der Waals surface area contributed by atoms with Crippen LogP contribution in [0.3, 0.4) is 0 Å². The second-order valence-corrected chi connectivity index (χ2v) is 6.14. The van der Waals surface area contributed by atoms with E-state index in [1.165, 1.54) is 17.4 Å². The van der Waals surface area contributed by atoms with Crippen molar-refractivity contribution in [2.75, 3.05) is 7.05 Å². The Morgan fingerprint density at radius 1 is 1.11 bits per heavy atom. The van der Waals surface area contributed by atoms with E-state index in [0.717, 1.165) is 16.5 Å². The van der Waals surface area contributed by atoms with Crippen molar-refractivity contribution in [3.05, 3.63) is 55.7 Å². The highest BCUT2D eigenvalue weighted by atomic mass is 35.5. The van der Waals surface area contributed by atoms with Crippen LogP contribution in [0.2, 0.25) is 4.34 Å². The van der Waals surface area contributed by atoms with Crippen molar-refractivity contribution < 1.29 is 8.78 Å². The third-order valence-electron chi connectivity index (χ3n) is 3.04. The molecule has 1 heterocycles. The Bertz CT molecular complexity index is 590. The fourth-order valence-electron chi connectivity index (χ4n) is 1.98. The van der Waals surface area contributed by atoms with Crippen molar-refractivity contribution in [1.82, 2.24) is 5.32 Å². The average Bonchev–Trinajstić information content (AvgIpc) is 2.67. The van der Waals surface area contributed by atoms with Gasteiger partial charge in [0.25, 0.3) is 0 Å². The maximum absolute atomic E-state index is 14.0. The maximum atomic E-state index is 14.0. The monoisotopic (exact) mass is 301 g/mol. The topological polar surface area (TPSA) is 12.0 Å². The second kappa shape index (κ2) is 5.57. The Balaban J connectivity index is 2.50. The number of hydrogen-bond acceptors (Lipinski definition) is 2. The molecule has 0 bridgehead atoms. The molecule has 1 aromatic carbocycles. The summed E-state index contributed by atoms with van der Waals surface area (Å²) < 4.78 is 28.0. The molecule has 2 aromatic rings. The molecule has 1 atom stereocenters. The molecular weight excluding hydrogens is 288 g/mol. The van der Waals surface area contributed by atoms with Gasteiger partial charge in [-0.05, 0) is 44.2 Å². The van der Waals surface area contributed by atoms with E-state index >= 15 is 0 Å². The SMILES string of the molecule is CNC(c1cc(C)c(Cl)s1)c1cc(C)c(F)cc1F. The lowest BCUT2D eigenvalue weighted by Crippen LogP contribution is -2.18. The summed E-state index contributed by atoms with van der Waals surface area (Å²) in [5.74, 6) is -1.08. The molecule has 2 rings (SSSR count). The molecule has 1 nitrogen and oxygen atoms in total. The van der Waals surface area contributed by atoms with Crippen LogP contribution >= 0.6 is 22.9 Å². The second-order valence-electron chi connectivity index (χ2n) is 4.45. The largest absolute Gasteiger partial charge is 0.309 e. The van der Waals surface area contributed by atoms with Crippen molar-refractivity contribution in [2.24, 2.45) is 0 Å². The summed E-state index contributed by atoms with van der Waals surface area (Å²) in [6.07, 6.45) is 0. The first-order valence-electron chi connectivity index (χ1n) is 5.82. The Morgan fingerprint density at radius 3 is 2.32 bits per heavy atom. The van der Waals surface area contributed by atoms with Gasteiger partial charge >= 0.3 is 0 Å². The molecule has 0 radical (unpaired) electrons. The van der Waals surface area contributed by atoms with Gasteiger partial charge in [0, 0.05) is 16.5 Å². The lowest BCUT2D eigenvalue weighted by molar-refractivity contribution is 0.549. The molecule has 0 spiro atoms. The van der Waals surface area contributed by atoms with Gasteiger partial charge in [0.2, 0.25) is 0 Å². The van der Waals surface area contributed by atoms with Gasteiger partial charge in [-0.2, -0.15) is 0 Å². The minimum Gasteiger partial charge on any atom is -0.309 e. The summed E-state index contributed by atoms with van der Waals surface area (Å²) in [5.41, 5.74) is 1.82. The highest BCUT2D eigenvalue weighted by molar-refractivity contribution is 7.16. The molecule has 0 amide bonds. The average molecular weight is 302 g/mol. The maximum Gasteiger partial charge on any atom is 0.131 e. The van der Waals surface area contributed by atoms with Crippen molar-refractivity contribution in [3.8, 4) is 0 Å². The predicted molar refractivity (Wildman–Crippen MR) is 76.1 cm³/mol. The summed E-state index contributed by atoms with van der Waals surface area (Å²) in [7, 11) is 1.74. The van der Waals surface area contributed by atoms with E-state index in [9.17, 15) is 8.78 Å². The first-order chi connectivity index (χ1) is 8.93. The third-order valence-corrected chi connectivity index (χ3v) is 4.66. The Kier molecular flexibility index (Phi) is 4.23. The highest BCUT2D eigenvalue weighted by Gasteiger charge is 2.20. The van der Waals surface area contributed by atoms with Crippen LogP contribution < -0.4 is 5.32 Å². The molecule has 1 aromatic heterocycles. The van der Waals surface area contributed by atoms with Crippen molar-refractivity contribution in [3.63, 3.8) is 0 Å². The number of rotatable bonds is 3. The molecule has 0 aliphatic heterocycles. The van der Waals surface area contributed by atoms with Gasteiger partial charge in [-0.3, -0.25) is 0 Å². The molecule has 19 heavy (non-hydrogen) atoms. The van der Waals surface area contributed by atoms with Crippen molar-refractivity contribution in [1.29, 1.82) is 0 Å². The smallest absolute Gasteiger partial charge is 0.131 e. The van der Waals surface area contributed by atoms with Gasteiger partial charge in [0.15, 0.2) is 0 Å². The van der Waals surface area contributed by atoms with E-state index in [4.69, 9.17) is 11.6 Å². The lowest BCUT2D eigenvalue weighted by atomic mass is 10.0. The van der Waals surface area contributed by atoms with Crippen LogP contribution in [0.15, 0.2) is 18.2 Å². The van der Waals surface area contributed by atoms with Gasteiger partial charge < -0.3 is 5.32 Å².